The van der Waals surface area contributed by atoms with Gasteiger partial charge >= 0.3 is 0 Å². The molecule has 0 amide bonds. The van der Waals surface area contributed by atoms with Crippen molar-refractivity contribution >= 4 is 0 Å². The summed E-state index contributed by atoms with van der Waals surface area (Å²) in [5.74, 6) is 0.696. The first-order valence-electron chi connectivity index (χ1n) is 6.80. The van der Waals surface area contributed by atoms with Crippen molar-refractivity contribution in [3.8, 4) is 0 Å². The standard InChI is InChI=1S/C15H22N2/c1-11-2-4-13(5-3-11)15-8-12(9-16)10-17(15)14-6-7-14/h2-5,12,14-15H,6-10,16H2,1H3. The zero-order valence-electron chi connectivity index (χ0n) is 10.6. The van der Waals surface area contributed by atoms with Crippen molar-refractivity contribution in [1.82, 2.24) is 4.90 Å². The Morgan fingerprint density at radius 1 is 1.24 bits per heavy atom. The number of aryl methyl sites for hydroxylation is 1. The third-order valence-corrected chi connectivity index (χ3v) is 4.24. The molecule has 0 bridgehead atoms. The van der Waals surface area contributed by atoms with Gasteiger partial charge in [0.1, 0.15) is 0 Å². The monoisotopic (exact) mass is 230 g/mol. The summed E-state index contributed by atoms with van der Waals surface area (Å²) in [5.41, 5.74) is 8.69. The second kappa shape index (κ2) is 4.43. The lowest BCUT2D eigenvalue weighted by Crippen LogP contribution is -2.27. The molecule has 1 heterocycles. The van der Waals surface area contributed by atoms with Gasteiger partial charge < -0.3 is 5.73 Å². The SMILES string of the molecule is Cc1ccc(C2CC(CN)CN2C2CC2)cc1. The first-order valence-corrected chi connectivity index (χ1v) is 6.80. The molecule has 2 aliphatic rings. The fourth-order valence-corrected chi connectivity index (χ4v) is 3.05. The highest BCUT2D eigenvalue weighted by atomic mass is 15.2. The van der Waals surface area contributed by atoms with Crippen LogP contribution in [0.5, 0.6) is 0 Å². The van der Waals surface area contributed by atoms with Gasteiger partial charge in [-0.1, -0.05) is 29.8 Å². The van der Waals surface area contributed by atoms with Gasteiger partial charge in [-0.25, -0.2) is 0 Å². The van der Waals surface area contributed by atoms with E-state index in [-0.39, 0.29) is 0 Å². The summed E-state index contributed by atoms with van der Waals surface area (Å²) in [6, 6.07) is 10.5. The van der Waals surface area contributed by atoms with E-state index in [0.717, 1.165) is 12.6 Å². The van der Waals surface area contributed by atoms with E-state index in [0.29, 0.717) is 12.0 Å². The van der Waals surface area contributed by atoms with Gasteiger partial charge in [-0.15, -0.1) is 0 Å². The van der Waals surface area contributed by atoms with Gasteiger partial charge in [-0.3, -0.25) is 4.90 Å². The van der Waals surface area contributed by atoms with Crippen molar-refractivity contribution < 1.29 is 0 Å². The topological polar surface area (TPSA) is 29.3 Å². The van der Waals surface area contributed by atoms with E-state index in [2.05, 4.69) is 36.1 Å². The van der Waals surface area contributed by atoms with Gasteiger partial charge in [0, 0.05) is 18.6 Å². The lowest BCUT2D eigenvalue weighted by atomic mass is 9.99. The summed E-state index contributed by atoms with van der Waals surface area (Å²) < 4.78 is 0. The van der Waals surface area contributed by atoms with Gasteiger partial charge in [0.05, 0.1) is 0 Å². The predicted molar refractivity (Wildman–Crippen MR) is 70.8 cm³/mol. The number of benzene rings is 1. The third kappa shape index (κ3) is 2.24. The molecule has 1 saturated heterocycles. The van der Waals surface area contributed by atoms with Crippen molar-refractivity contribution in [3.05, 3.63) is 35.4 Å². The molecule has 1 aliphatic carbocycles. The minimum absolute atomic E-state index is 0.622. The van der Waals surface area contributed by atoms with Gasteiger partial charge in [-0.05, 0) is 44.2 Å². The van der Waals surface area contributed by atoms with Gasteiger partial charge in [0.2, 0.25) is 0 Å². The number of nitrogens with zero attached hydrogens (tertiary/aromatic N) is 1. The number of likely N-dealkylation sites (tertiary alicyclic amines) is 1. The Hall–Kier alpha value is -0.860. The Morgan fingerprint density at radius 2 is 1.94 bits per heavy atom. The molecule has 2 heteroatoms. The molecule has 17 heavy (non-hydrogen) atoms. The van der Waals surface area contributed by atoms with E-state index >= 15 is 0 Å². The van der Waals surface area contributed by atoms with Gasteiger partial charge in [-0.2, -0.15) is 0 Å². The van der Waals surface area contributed by atoms with E-state index < -0.39 is 0 Å². The molecule has 3 rings (SSSR count). The van der Waals surface area contributed by atoms with Crippen molar-refractivity contribution in [2.75, 3.05) is 13.1 Å². The summed E-state index contributed by atoms with van der Waals surface area (Å²) in [7, 11) is 0. The highest BCUT2D eigenvalue weighted by Gasteiger charge is 2.40. The third-order valence-electron chi connectivity index (χ3n) is 4.24. The van der Waals surface area contributed by atoms with Crippen LogP contribution in [0.3, 0.4) is 0 Å². The molecule has 1 saturated carbocycles. The van der Waals surface area contributed by atoms with E-state index in [4.69, 9.17) is 5.73 Å². The van der Waals surface area contributed by atoms with Crippen LogP contribution in [0.1, 0.15) is 36.4 Å². The van der Waals surface area contributed by atoms with Crippen LogP contribution in [0.2, 0.25) is 0 Å². The Kier molecular flexibility index (Phi) is 2.93. The molecule has 1 aliphatic heterocycles. The maximum Gasteiger partial charge on any atom is 0.0354 e. The van der Waals surface area contributed by atoms with Crippen molar-refractivity contribution in [1.29, 1.82) is 0 Å². The minimum Gasteiger partial charge on any atom is -0.330 e. The van der Waals surface area contributed by atoms with Crippen LogP contribution < -0.4 is 5.73 Å². The number of hydrogen-bond donors (Lipinski definition) is 1. The van der Waals surface area contributed by atoms with Crippen LogP contribution in [-0.2, 0) is 0 Å². The maximum absolute atomic E-state index is 5.85. The summed E-state index contributed by atoms with van der Waals surface area (Å²) >= 11 is 0. The van der Waals surface area contributed by atoms with E-state index in [1.165, 1.54) is 36.9 Å². The second-order valence-corrected chi connectivity index (χ2v) is 5.69. The molecule has 1 aromatic carbocycles. The first kappa shape index (κ1) is 11.2. The van der Waals surface area contributed by atoms with Crippen LogP contribution in [0.4, 0.5) is 0 Å². The lowest BCUT2D eigenvalue weighted by molar-refractivity contribution is 0.243. The average molecular weight is 230 g/mol. The Balaban J connectivity index is 1.82. The largest absolute Gasteiger partial charge is 0.330 e. The number of nitrogens with two attached hydrogens (primary N) is 1. The number of rotatable bonds is 3. The van der Waals surface area contributed by atoms with Crippen LogP contribution in [-0.4, -0.2) is 24.0 Å². The smallest absolute Gasteiger partial charge is 0.0354 e. The van der Waals surface area contributed by atoms with E-state index in [1.54, 1.807) is 0 Å². The first-order chi connectivity index (χ1) is 8.28. The highest BCUT2D eigenvalue weighted by molar-refractivity contribution is 5.25. The van der Waals surface area contributed by atoms with Crippen LogP contribution in [0, 0.1) is 12.8 Å². The maximum atomic E-state index is 5.85. The van der Waals surface area contributed by atoms with Crippen LogP contribution in [0.15, 0.2) is 24.3 Å². The summed E-state index contributed by atoms with van der Waals surface area (Å²) in [6.07, 6.45) is 4.02. The minimum atomic E-state index is 0.622. The second-order valence-electron chi connectivity index (χ2n) is 5.69. The molecule has 92 valence electrons. The molecule has 0 radical (unpaired) electrons. The fraction of sp³-hybridized carbons (Fsp3) is 0.600. The molecular weight excluding hydrogens is 208 g/mol. The molecule has 1 aromatic rings. The molecule has 2 nitrogen and oxygen atoms in total. The Morgan fingerprint density at radius 3 is 2.53 bits per heavy atom. The highest BCUT2D eigenvalue weighted by Crippen LogP contribution is 2.42. The van der Waals surface area contributed by atoms with Gasteiger partial charge in [0.15, 0.2) is 0 Å². The molecular formula is C15H22N2. The molecule has 2 atom stereocenters. The Bertz CT molecular complexity index is 380. The van der Waals surface area contributed by atoms with Crippen LogP contribution >= 0.6 is 0 Å². The number of hydrogen-bond acceptors (Lipinski definition) is 2. The molecule has 2 N–H and O–H groups in total. The van der Waals surface area contributed by atoms with Gasteiger partial charge in [0.25, 0.3) is 0 Å². The quantitative estimate of drug-likeness (QED) is 0.864. The molecule has 0 aromatic heterocycles. The van der Waals surface area contributed by atoms with Crippen molar-refractivity contribution in [2.24, 2.45) is 11.7 Å². The fourth-order valence-electron chi connectivity index (χ4n) is 3.05. The summed E-state index contributed by atoms with van der Waals surface area (Å²) in [5, 5.41) is 0. The van der Waals surface area contributed by atoms with Crippen molar-refractivity contribution in [2.45, 2.75) is 38.3 Å². The Labute approximate surface area is 104 Å². The normalized spacial score (nSPS) is 29.8. The predicted octanol–water partition coefficient (Wildman–Crippen LogP) is 2.48. The van der Waals surface area contributed by atoms with Crippen molar-refractivity contribution in [3.63, 3.8) is 0 Å². The molecule has 2 unspecified atom stereocenters. The zero-order chi connectivity index (χ0) is 11.8. The van der Waals surface area contributed by atoms with Crippen LogP contribution in [0.25, 0.3) is 0 Å². The van der Waals surface area contributed by atoms with E-state index in [9.17, 15) is 0 Å². The summed E-state index contributed by atoms with van der Waals surface area (Å²) in [4.78, 5) is 2.70. The molecule has 0 spiro atoms. The van der Waals surface area contributed by atoms with E-state index in [1.807, 2.05) is 0 Å². The zero-order valence-corrected chi connectivity index (χ0v) is 10.6. The average Bonchev–Trinajstić information content (AvgIpc) is 3.10. The lowest BCUT2D eigenvalue weighted by Gasteiger charge is -2.24. The molecule has 2 fully saturated rings. The summed E-state index contributed by atoms with van der Waals surface area (Å²) in [6.45, 7) is 4.20.